The third-order valence-corrected chi connectivity index (χ3v) is 4.08. The van der Waals surface area contributed by atoms with Crippen molar-refractivity contribution in [1.29, 1.82) is 0 Å². The van der Waals surface area contributed by atoms with E-state index in [4.69, 9.17) is 14.6 Å². The first-order chi connectivity index (χ1) is 12.5. The number of aryl methyl sites for hydroxylation is 1. The van der Waals surface area contributed by atoms with Crippen LogP contribution in [0.4, 0.5) is 5.69 Å². The van der Waals surface area contributed by atoms with Crippen LogP contribution in [-0.2, 0) is 4.74 Å². The topological polar surface area (TPSA) is 97.8 Å². The van der Waals surface area contributed by atoms with Crippen LogP contribution in [0.2, 0.25) is 0 Å². The van der Waals surface area contributed by atoms with Crippen LogP contribution in [0.5, 0.6) is 5.75 Å². The Morgan fingerprint density at radius 3 is 2.85 bits per heavy atom. The van der Waals surface area contributed by atoms with Crippen molar-refractivity contribution >= 4 is 17.6 Å². The van der Waals surface area contributed by atoms with Gasteiger partial charge in [0.2, 0.25) is 0 Å². The SMILES string of the molecule is Cc1ccc(NC(=O)c2ccc(C(=O)O)nc2)c(OCC2CCCO2)c1. The molecule has 0 saturated carbocycles. The smallest absolute Gasteiger partial charge is 0.354 e. The number of carboxylic acids is 1. The van der Waals surface area contributed by atoms with Crippen molar-refractivity contribution < 1.29 is 24.2 Å². The summed E-state index contributed by atoms with van der Waals surface area (Å²) in [5, 5.41) is 11.7. The van der Waals surface area contributed by atoms with Crippen LogP contribution in [0, 0.1) is 6.92 Å². The minimum absolute atomic E-state index is 0.0758. The lowest BCUT2D eigenvalue weighted by Gasteiger charge is -2.16. The Morgan fingerprint density at radius 2 is 2.19 bits per heavy atom. The molecular formula is C19H20N2O5. The lowest BCUT2D eigenvalue weighted by Crippen LogP contribution is -2.18. The van der Waals surface area contributed by atoms with Crippen molar-refractivity contribution in [2.24, 2.45) is 0 Å². The number of nitrogens with zero attached hydrogens (tertiary/aromatic N) is 1. The summed E-state index contributed by atoms with van der Waals surface area (Å²) in [6.45, 7) is 3.13. The molecule has 7 nitrogen and oxygen atoms in total. The molecule has 3 rings (SSSR count). The molecule has 0 radical (unpaired) electrons. The zero-order chi connectivity index (χ0) is 18.5. The number of pyridine rings is 1. The van der Waals surface area contributed by atoms with Crippen molar-refractivity contribution in [3.05, 3.63) is 53.3 Å². The molecule has 2 aromatic rings. The molecule has 1 saturated heterocycles. The molecule has 1 aromatic carbocycles. The molecule has 1 amide bonds. The van der Waals surface area contributed by atoms with Gasteiger partial charge in [-0.3, -0.25) is 4.79 Å². The molecule has 136 valence electrons. The zero-order valence-electron chi connectivity index (χ0n) is 14.4. The first kappa shape index (κ1) is 17.9. The molecule has 2 N–H and O–H groups in total. The maximum atomic E-state index is 12.4. The van der Waals surface area contributed by atoms with Crippen LogP contribution in [0.15, 0.2) is 36.5 Å². The van der Waals surface area contributed by atoms with Gasteiger partial charge in [-0.1, -0.05) is 6.07 Å². The minimum atomic E-state index is -1.14. The van der Waals surface area contributed by atoms with Crippen molar-refractivity contribution in [2.45, 2.75) is 25.9 Å². The van der Waals surface area contributed by atoms with Gasteiger partial charge in [-0.2, -0.15) is 0 Å². The average molecular weight is 356 g/mol. The van der Waals surface area contributed by atoms with E-state index in [0.717, 1.165) is 25.0 Å². The standard InChI is InChI=1S/C19H20N2O5/c1-12-4-6-15(17(9-12)26-11-14-3-2-8-25-14)21-18(22)13-5-7-16(19(23)24)20-10-13/h4-7,9-10,14H,2-3,8,11H2,1H3,(H,21,22)(H,23,24). The number of aromatic carboxylic acids is 1. The highest BCUT2D eigenvalue weighted by Gasteiger charge is 2.18. The fourth-order valence-electron chi connectivity index (χ4n) is 2.66. The zero-order valence-corrected chi connectivity index (χ0v) is 14.4. The maximum Gasteiger partial charge on any atom is 0.354 e. The third kappa shape index (κ3) is 4.37. The Kier molecular flexibility index (Phi) is 5.48. The summed E-state index contributed by atoms with van der Waals surface area (Å²) in [7, 11) is 0. The largest absolute Gasteiger partial charge is 0.489 e. The van der Waals surface area contributed by atoms with E-state index in [9.17, 15) is 9.59 Å². The number of hydrogen-bond acceptors (Lipinski definition) is 5. The van der Waals surface area contributed by atoms with E-state index < -0.39 is 5.97 Å². The fourth-order valence-corrected chi connectivity index (χ4v) is 2.66. The second-order valence-electron chi connectivity index (χ2n) is 6.14. The van der Waals surface area contributed by atoms with Crippen LogP contribution < -0.4 is 10.1 Å². The number of benzene rings is 1. The van der Waals surface area contributed by atoms with E-state index in [0.29, 0.717) is 18.0 Å². The molecule has 0 aliphatic carbocycles. The highest BCUT2D eigenvalue weighted by Crippen LogP contribution is 2.27. The number of rotatable bonds is 6. The third-order valence-electron chi connectivity index (χ3n) is 4.08. The summed E-state index contributed by atoms with van der Waals surface area (Å²) in [6, 6.07) is 8.22. The van der Waals surface area contributed by atoms with Gasteiger partial charge in [0.15, 0.2) is 0 Å². The molecule has 0 bridgehead atoms. The predicted molar refractivity (Wildman–Crippen MR) is 94.8 cm³/mol. The number of carbonyl (C=O) groups is 2. The number of carbonyl (C=O) groups excluding carboxylic acids is 1. The van der Waals surface area contributed by atoms with Crippen molar-refractivity contribution in [1.82, 2.24) is 4.98 Å². The van der Waals surface area contributed by atoms with E-state index in [1.165, 1.54) is 18.3 Å². The van der Waals surface area contributed by atoms with Crippen LogP contribution in [0.1, 0.15) is 39.3 Å². The summed E-state index contributed by atoms with van der Waals surface area (Å²) in [6.07, 6.45) is 3.31. The van der Waals surface area contributed by atoms with Gasteiger partial charge in [0.25, 0.3) is 5.91 Å². The molecule has 26 heavy (non-hydrogen) atoms. The summed E-state index contributed by atoms with van der Waals surface area (Å²) in [5.41, 5.74) is 1.71. The fraction of sp³-hybridized carbons (Fsp3) is 0.316. The summed E-state index contributed by atoms with van der Waals surface area (Å²) in [4.78, 5) is 27.0. The highest BCUT2D eigenvalue weighted by atomic mass is 16.5. The van der Waals surface area contributed by atoms with Crippen LogP contribution in [0.3, 0.4) is 0 Å². The molecule has 1 fully saturated rings. The Labute approximate surface area is 151 Å². The molecule has 1 atom stereocenters. The maximum absolute atomic E-state index is 12.4. The molecule has 7 heteroatoms. The molecule has 1 unspecified atom stereocenters. The van der Waals surface area contributed by atoms with Gasteiger partial charge in [-0.25, -0.2) is 9.78 Å². The van der Waals surface area contributed by atoms with E-state index in [-0.39, 0.29) is 23.3 Å². The molecular weight excluding hydrogens is 336 g/mol. The van der Waals surface area contributed by atoms with Gasteiger partial charge in [0.1, 0.15) is 18.1 Å². The molecule has 0 spiro atoms. The van der Waals surface area contributed by atoms with Crippen LogP contribution in [-0.4, -0.2) is 41.3 Å². The molecule has 1 aliphatic heterocycles. The first-order valence-corrected chi connectivity index (χ1v) is 8.38. The van der Waals surface area contributed by atoms with Gasteiger partial charge in [-0.15, -0.1) is 0 Å². The van der Waals surface area contributed by atoms with Gasteiger partial charge in [-0.05, 0) is 49.6 Å². The molecule has 1 aliphatic rings. The second kappa shape index (κ2) is 7.97. The first-order valence-electron chi connectivity index (χ1n) is 8.38. The monoisotopic (exact) mass is 356 g/mol. The van der Waals surface area contributed by atoms with Gasteiger partial charge >= 0.3 is 5.97 Å². The van der Waals surface area contributed by atoms with Gasteiger partial charge < -0.3 is 19.9 Å². The Hall–Kier alpha value is -2.93. The Bertz CT molecular complexity index is 798. The summed E-state index contributed by atoms with van der Waals surface area (Å²) in [5.74, 6) is -0.954. The number of anilines is 1. The van der Waals surface area contributed by atoms with Crippen molar-refractivity contribution in [3.8, 4) is 5.75 Å². The molecule has 1 aromatic heterocycles. The number of ether oxygens (including phenoxy) is 2. The Morgan fingerprint density at radius 1 is 1.35 bits per heavy atom. The van der Waals surface area contributed by atoms with Gasteiger partial charge in [0.05, 0.1) is 17.4 Å². The highest BCUT2D eigenvalue weighted by molar-refractivity contribution is 6.05. The summed E-state index contributed by atoms with van der Waals surface area (Å²) >= 11 is 0. The predicted octanol–water partition coefficient (Wildman–Crippen LogP) is 2.90. The van der Waals surface area contributed by atoms with Crippen molar-refractivity contribution in [2.75, 3.05) is 18.5 Å². The van der Waals surface area contributed by atoms with Crippen molar-refractivity contribution in [3.63, 3.8) is 0 Å². The molecule has 2 heterocycles. The normalized spacial score (nSPS) is 16.3. The number of hydrogen-bond donors (Lipinski definition) is 2. The minimum Gasteiger partial charge on any atom is -0.489 e. The lowest BCUT2D eigenvalue weighted by atomic mass is 10.2. The van der Waals surface area contributed by atoms with Gasteiger partial charge in [0, 0.05) is 12.8 Å². The van der Waals surface area contributed by atoms with E-state index in [1.807, 2.05) is 19.1 Å². The Balaban J connectivity index is 1.71. The van der Waals surface area contributed by atoms with E-state index in [2.05, 4.69) is 10.3 Å². The number of aromatic nitrogens is 1. The van der Waals surface area contributed by atoms with Crippen LogP contribution in [0.25, 0.3) is 0 Å². The number of carboxylic acid groups (broad SMARTS) is 1. The lowest BCUT2D eigenvalue weighted by molar-refractivity contribution is 0.0681. The quantitative estimate of drug-likeness (QED) is 0.826. The van der Waals surface area contributed by atoms with E-state index in [1.54, 1.807) is 6.07 Å². The van der Waals surface area contributed by atoms with E-state index >= 15 is 0 Å². The number of amides is 1. The average Bonchev–Trinajstić information content (AvgIpc) is 3.15. The van der Waals surface area contributed by atoms with Crippen LogP contribution >= 0.6 is 0 Å². The number of nitrogens with one attached hydrogen (secondary N) is 1. The summed E-state index contributed by atoms with van der Waals surface area (Å²) < 4.78 is 11.4. The second-order valence-corrected chi connectivity index (χ2v) is 6.14.